The molecule has 0 heterocycles. The summed E-state index contributed by atoms with van der Waals surface area (Å²) >= 11 is 0. The molecule has 0 saturated carbocycles. The average Bonchev–Trinajstić information content (AvgIpc) is 1.85. The van der Waals surface area contributed by atoms with E-state index < -0.39 is 17.5 Å². The molecule has 0 amide bonds. The molecule has 0 fully saturated rings. The molecule has 0 unspecified atom stereocenters. The monoisotopic (exact) mass is 170 g/mol. The summed E-state index contributed by atoms with van der Waals surface area (Å²) in [5, 5.41) is 8.34. The Balaban J connectivity index is 4.47. The number of ketones is 1. The van der Waals surface area contributed by atoms with Crippen LogP contribution >= 0.6 is 0 Å². The van der Waals surface area contributed by atoms with E-state index in [1.54, 1.807) is 13.8 Å². The predicted octanol–water partition coefficient (Wildman–Crippen LogP) is 0.357. The lowest BCUT2D eigenvalue weighted by molar-refractivity contribution is -0.136. The van der Waals surface area contributed by atoms with Crippen LogP contribution in [0.1, 0.15) is 20.3 Å². The highest BCUT2D eigenvalue weighted by molar-refractivity contribution is 6.61. The summed E-state index contributed by atoms with van der Waals surface area (Å²) < 4.78 is 0. The molecule has 12 heavy (non-hydrogen) atoms. The Labute approximate surface area is 69.6 Å². The largest absolute Gasteiger partial charge is 0.472 e. The van der Waals surface area contributed by atoms with E-state index in [1.807, 2.05) is 0 Å². The highest BCUT2D eigenvalue weighted by Gasteiger charge is 2.28. The Morgan fingerprint density at radius 3 is 2.25 bits per heavy atom. The van der Waals surface area contributed by atoms with Crippen molar-refractivity contribution in [3.8, 4) is 0 Å². The summed E-state index contributed by atoms with van der Waals surface area (Å²) in [6.07, 6.45) is 0.0751. The molecule has 0 aliphatic rings. The third kappa shape index (κ3) is 3.07. The molecule has 5 nitrogen and oxygen atoms in total. The Kier molecular flexibility index (Phi) is 3.86. The highest BCUT2D eigenvalue weighted by atomic mass is 16.4. The molecular weight excluding hydrogens is 160 g/mol. The van der Waals surface area contributed by atoms with Crippen molar-refractivity contribution in [3.05, 3.63) is 5.53 Å². The van der Waals surface area contributed by atoms with E-state index in [1.165, 1.54) is 0 Å². The van der Waals surface area contributed by atoms with Crippen molar-refractivity contribution in [1.29, 1.82) is 0 Å². The maximum atomic E-state index is 11.0. The standard InChI is InChI=1S/C7H10N2O3/c1-4(2)3-5(10)6(9-8)7(11)12/h4H,3H2,1-2H3,(H,11,12). The first-order valence-electron chi connectivity index (χ1n) is 3.47. The van der Waals surface area contributed by atoms with E-state index >= 15 is 0 Å². The summed E-state index contributed by atoms with van der Waals surface area (Å²) in [4.78, 5) is 23.6. The smallest absolute Gasteiger partial charge is 0.441 e. The first kappa shape index (κ1) is 10.5. The van der Waals surface area contributed by atoms with Gasteiger partial charge in [-0.1, -0.05) is 13.8 Å². The number of Topliss-reactive ketones (excluding diaryl/α,β-unsaturated/α-hetero) is 1. The lowest BCUT2D eigenvalue weighted by atomic mass is 10.0. The van der Waals surface area contributed by atoms with Gasteiger partial charge in [0.05, 0.1) is 0 Å². The van der Waals surface area contributed by atoms with Crippen LogP contribution in [-0.4, -0.2) is 27.4 Å². The van der Waals surface area contributed by atoms with E-state index in [0.29, 0.717) is 0 Å². The summed E-state index contributed by atoms with van der Waals surface area (Å²) in [5.41, 5.74) is 7.36. The lowest BCUT2D eigenvalue weighted by Gasteiger charge is -1.96. The maximum absolute atomic E-state index is 11.0. The number of nitrogens with zero attached hydrogens (tertiary/aromatic N) is 2. The molecule has 5 heteroatoms. The van der Waals surface area contributed by atoms with Gasteiger partial charge < -0.3 is 10.6 Å². The van der Waals surface area contributed by atoms with Gasteiger partial charge in [-0.2, -0.15) is 4.79 Å². The number of rotatable bonds is 4. The van der Waals surface area contributed by atoms with E-state index in [4.69, 9.17) is 10.6 Å². The minimum atomic E-state index is -1.50. The first-order chi connectivity index (χ1) is 5.49. The summed E-state index contributed by atoms with van der Waals surface area (Å²) in [7, 11) is 0. The van der Waals surface area contributed by atoms with Crippen molar-refractivity contribution in [1.82, 2.24) is 0 Å². The molecule has 0 aliphatic heterocycles. The molecule has 0 aromatic heterocycles. The lowest BCUT2D eigenvalue weighted by Crippen LogP contribution is -2.25. The van der Waals surface area contributed by atoms with Crippen LogP contribution in [0.2, 0.25) is 0 Å². The number of hydrogen-bond donors (Lipinski definition) is 1. The van der Waals surface area contributed by atoms with Gasteiger partial charge in [0.15, 0.2) is 0 Å². The predicted molar refractivity (Wildman–Crippen MR) is 40.7 cm³/mol. The van der Waals surface area contributed by atoms with Gasteiger partial charge in [0.1, 0.15) is 0 Å². The Bertz CT molecular complexity index is 251. The average molecular weight is 170 g/mol. The second-order valence-electron chi connectivity index (χ2n) is 2.77. The number of carboxylic acids is 1. The third-order valence-electron chi connectivity index (χ3n) is 1.16. The second-order valence-corrected chi connectivity index (χ2v) is 2.77. The first-order valence-corrected chi connectivity index (χ1v) is 3.47. The van der Waals surface area contributed by atoms with Crippen molar-refractivity contribution in [2.75, 3.05) is 0 Å². The zero-order valence-electron chi connectivity index (χ0n) is 6.94. The zero-order chi connectivity index (χ0) is 9.72. The molecule has 1 N–H and O–H groups in total. The van der Waals surface area contributed by atoms with Gasteiger partial charge in [0, 0.05) is 6.42 Å². The number of carbonyl (C=O) groups excluding carboxylic acids is 1. The molecule has 66 valence electrons. The summed E-state index contributed by atoms with van der Waals surface area (Å²) in [6.45, 7) is 3.55. The fraction of sp³-hybridized carbons (Fsp3) is 0.571. The molecular formula is C7H10N2O3. The summed E-state index contributed by atoms with van der Waals surface area (Å²) in [5.74, 6) is -2.10. The van der Waals surface area contributed by atoms with Crippen molar-refractivity contribution in [3.63, 3.8) is 0 Å². The highest BCUT2D eigenvalue weighted by Crippen LogP contribution is 2.00. The molecule has 0 radical (unpaired) electrons. The Morgan fingerprint density at radius 2 is 2.00 bits per heavy atom. The van der Waals surface area contributed by atoms with Crippen molar-refractivity contribution < 1.29 is 19.5 Å². The Morgan fingerprint density at radius 1 is 1.50 bits per heavy atom. The minimum Gasteiger partial charge on any atom is -0.472 e. The van der Waals surface area contributed by atoms with Gasteiger partial charge in [0.2, 0.25) is 0 Å². The van der Waals surface area contributed by atoms with Crippen LogP contribution in [0.5, 0.6) is 0 Å². The van der Waals surface area contributed by atoms with E-state index in [-0.39, 0.29) is 12.3 Å². The van der Waals surface area contributed by atoms with Gasteiger partial charge in [-0.15, -0.1) is 0 Å². The molecule has 0 atom stereocenters. The third-order valence-corrected chi connectivity index (χ3v) is 1.16. The fourth-order valence-electron chi connectivity index (χ4n) is 0.685. The van der Waals surface area contributed by atoms with Gasteiger partial charge >= 0.3 is 11.7 Å². The number of hydrogen-bond acceptors (Lipinski definition) is 2. The van der Waals surface area contributed by atoms with Crippen LogP contribution in [0.15, 0.2) is 0 Å². The van der Waals surface area contributed by atoms with Crippen LogP contribution in [0, 0.1) is 5.92 Å². The second kappa shape index (κ2) is 4.41. The molecule has 0 aromatic rings. The van der Waals surface area contributed by atoms with Gasteiger partial charge in [-0.25, -0.2) is 4.79 Å². The maximum Gasteiger partial charge on any atom is 0.441 e. The SMILES string of the molecule is CC(C)CC(=O)C(=[N+]=[N-])C(=O)O. The van der Waals surface area contributed by atoms with Crippen molar-refractivity contribution in [2.24, 2.45) is 5.92 Å². The van der Waals surface area contributed by atoms with Crippen LogP contribution in [0.4, 0.5) is 0 Å². The molecule has 0 spiro atoms. The summed E-state index contributed by atoms with van der Waals surface area (Å²) in [6, 6.07) is 0. The molecule has 0 rings (SSSR count). The molecule has 0 aromatic carbocycles. The molecule has 0 saturated heterocycles. The van der Waals surface area contributed by atoms with Crippen LogP contribution in [0.3, 0.4) is 0 Å². The van der Waals surface area contributed by atoms with Gasteiger partial charge in [0.25, 0.3) is 5.78 Å². The van der Waals surface area contributed by atoms with Crippen LogP contribution < -0.4 is 0 Å². The van der Waals surface area contributed by atoms with Gasteiger partial charge in [-0.3, -0.25) is 4.79 Å². The zero-order valence-corrected chi connectivity index (χ0v) is 6.94. The van der Waals surface area contributed by atoms with E-state index in [2.05, 4.69) is 4.79 Å². The molecule has 0 bridgehead atoms. The number of carboxylic acid groups (broad SMARTS) is 1. The van der Waals surface area contributed by atoms with E-state index in [0.717, 1.165) is 0 Å². The van der Waals surface area contributed by atoms with Crippen molar-refractivity contribution in [2.45, 2.75) is 20.3 Å². The minimum absolute atomic E-state index is 0.0496. The number of aliphatic carboxylic acids is 1. The molecule has 0 aliphatic carbocycles. The quantitative estimate of drug-likeness (QED) is 0.286. The van der Waals surface area contributed by atoms with Crippen LogP contribution in [-0.2, 0) is 9.59 Å². The van der Waals surface area contributed by atoms with E-state index in [9.17, 15) is 9.59 Å². The fourth-order valence-corrected chi connectivity index (χ4v) is 0.685. The number of carbonyl (C=O) groups is 2. The normalized spacial score (nSPS) is 9.25. The Hall–Kier alpha value is -1.48. The van der Waals surface area contributed by atoms with Crippen molar-refractivity contribution >= 4 is 17.5 Å². The topological polar surface area (TPSA) is 90.8 Å². The van der Waals surface area contributed by atoms with Crippen LogP contribution in [0.25, 0.3) is 5.53 Å². The van der Waals surface area contributed by atoms with Gasteiger partial charge in [-0.05, 0) is 5.92 Å².